The Hall–Kier alpha value is -2.07. The molecule has 2 aromatic carbocycles. The van der Waals surface area contributed by atoms with Crippen molar-refractivity contribution in [3.8, 4) is 0 Å². The summed E-state index contributed by atoms with van der Waals surface area (Å²) in [5.41, 5.74) is 0.860. The average Bonchev–Trinajstić information content (AvgIpc) is 2.46. The van der Waals surface area contributed by atoms with Crippen LogP contribution in [0.5, 0.6) is 0 Å². The molecule has 0 aliphatic heterocycles. The molecule has 0 saturated carbocycles. The normalized spacial score (nSPS) is 12.1. The number of alkyl halides is 1. The molecule has 0 N–H and O–H groups in total. The molecule has 0 bridgehead atoms. The van der Waals surface area contributed by atoms with Crippen LogP contribution in [0.3, 0.4) is 0 Å². The quantitative estimate of drug-likeness (QED) is 0.771. The molecule has 4 heteroatoms. The van der Waals surface area contributed by atoms with Gasteiger partial charge in [0.1, 0.15) is 5.82 Å². The van der Waals surface area contributed by atoms with E-state index in [4.69, 9.17) is 4.74 Å². The number of carbonyl (C=O) groups is 1. The molecule has 2 nitrogen and oxygen atoms in total. The lowest BCUT2D eigenvalue weighted by atomic mass is 10.1. The number of ketones is 1. The van der Waals surface area contributed by atoms with Gasteiger partial charge in [-0.25, -0.2) is 8.78 Å². The second-order valence-electron chi connectivity index (χ2n) is 3.98. The first kappa shape index (κ1) is 13.4. The zero-order chi connectivity index (χ0) is 13.7. The number of benzene rings is 2. The van der Waals surface area contributed by atoms with Crippen molar-refractivity contribution in [3.63, 3.8) is 0 Å². The number of carbonyl (C=O) groups excluding carboxylic acids is 1. The molecule has 19 heavy (non-hydrogen) atoms. The molecular weight excluding hydrogens is 250 g/mol. The van der Waals surface area contributed by atoms with E-state index >= 15 is 0 Å². The maximum atomic E-state index is 13.6. The molecule has 1 unspecified atom stereocenters. The minimum Gasteiger partial charge on any atom is -0.337 e. The second-order valence-corrected chi connectivity index (χ2v) is 3.98. The molecule has 0 fully saturated rings. The summed E-state index contributed by atoms with van der Waals surface area (Å²) in [5.74, 6) is -1.28. The van der Waals surface area contributed by atoms with Crippen LogP contribution >= 0.6 is 0 Å². The summed E-state index contributed by atoms with van der Waals surface area (Å²) >= 11 is 0. The van der Waals surface area contributed by atoms with E-state index in [9.17, 15) is 13.6 Å². The van der Waals surface area contributed by atoms with Crippen molar-refractivity contribution in [1.29, 1.82) is 0 Å². The van der Waals surface area contributed by atoms with Gasteiger partial charge in [-0.3, -0.25) is 4.79 Å². The Labute approximate surface area is 109 Å². The van der Waals surface area contributed by atoms with Gasteiger partial charge in [-0.2, -0.15) is 0 Å². The van der Waals surface area contributed by atoms with Gasteiger partial charge in [-0.05, 0) is 29.8 Å². The molecule has 98 valence electrons. The van der Waals surface area contributed by atoms with Crippen LogP contribution in [0.4, 0.5) is 8.78 Å². The lowest BCUT2D eigenvalue weighted by Gasteiger charge is -2.09. The Morgan fingerprint density at radius 3 is 2.32 bits per heavy atom. The third kappa shape index (κ3) is 3.69. The van der Waals surface area contributed by atoms with Crippen molar-refractivity contribution < 1.29 is 18.3 Å². The fraction of sp³-hybridized carbons (Fsp3) is 0.133. The molecule has 2 rings (SSSR count). The van der Waals surface area contributed by atoms with E-state index in [-0.39, 0.29) is 12.2 Å². The highest BCUT2D eigenvalue weighted by Gasteiger charge is 2.19. The third-order valence-electron chi connectivity index (χ3n) is 2.57. The number of hydrogen-bond acceptors (Lipinski definition) is 2. The van der Waals surface area contributed by atoms with Gasteiger partial charge in [0.25, 0.3) is 6.36 Å². The monoisotopic (exact) mass is 262 g/mol. The molecule has 0 aromatic heterocycles. The Balaban J connectivity index is 1.94. The van der Waals surface area contributed by atoms with Crippen LogP contribution in [0.1, 0.15) is 15.9 Å². The lowest BCUT2D eigenvalue weighted by molar-refractivity contribution is -0.0294. The zero-order valence-corrected chi connectivity index (χ0v) is 10.1. The van der Waals surface area contributed by atoms with Crippen molar-refractivity contribution in [3.05, 3.63) is 71.5 Å². The van der Waals surface area contributed by atoms with E-state index in [2.05, 4.69) is 0 Å². The van der Waals surface area contributed by atoms with E-state index in [1.165, 1.54) is 12.1 Å². The molecule has 0 aliphatic carbocycles. The summed E-state index contributed by atoms with van der Waals surface area (Å²) < 4.78 is 31.2. The smallest absolute Gasteiger partial charge is 0.263 e. The first-order valence-corrected chi connectivity index (χ1v) is 5.76. The topological polar surface area (TPSA) is 26.3 Å². The van der Waals surface area contributed by atoms with Crippen molar-refractivity contribution in [2.75, 3.05) is 0 Å². The van der Waals surface area contributed by atoms with Gasteiger partial charge in [-0.1, -0.05) is 30.3 Å². The first-order chi connectivity index (χ1) is 9.16. The molecule has 0 amide bonds. The number of halogens is 2. The van der Waals surface area contributed by atoms with Gasteiger partial charge < -0.3 is 4.74 Å². The standard InChI is InChI=1S/C15H12F2O2/c16-13-8-6-12(7-9-13)14(18)15(17)19-10-11-4-2-1-3-5-11/h1-9,15H,10H2. The Morgan fingerprint density at radius 2 is 1.68 bits per heavy atom. The highest BCUT2D eigenvalue weighted by Crippen LogP contribution is 2.11. The number of hydrogen-bond donors (Lipinski definition) is 0. The number of Topliss-reactive ketones (excluding diaryl/α,β-unsaturated/α-hetero) is 1. The molecule has 0 aliphatic rings. The molecule has 2 aromatic rings. The van der Waals surface area contributed by atoms with Gasteiger partial charge in [0.15, 0.2) is 0 Å². The molecule has 0 radical (unpaired) electrons. The molecule has 1 atom stereocenters. The van der Waals surface area contributed by atoms with Crippen molar-refractivity contribution in [2.24, 2.45) is 0 Å². The summed E-state index contributed by atoms with van der Waals surface area (Å²) in [4.78, 5) is 11.7. The summed E-state index contributed by atoms with van der Waals surface area (Å²) in [7, 11) is 0. The molecular formula is C15H12F2O2. The first-order valence-electron chi connectivity index (χ1n) is 5.76. The Bertz CT molecular complexity index is 538. The highest BCUT2D eigenvalue weighted by molar-refractivity contribution is 5.98. The highest BCUT2D eigenvalue weighted by atomic mass is 19.1. The van der Waals surface area contributed by atoms with Crippen LogP contribution in [0.2, 0.25) is 0 Å². The fourth-order valence-corrected chi connectivity index (χ4v) is 1.56. The van der Waals surface area contributed by atoms with Gasteiger partial charge in [0.05, 0.1) is 6.61 Å². The van der Waals surface area contributed by atoms with Gasteiger partial charge in [0, 0.05) is 5.56 Å². The summed E-state index contributed by atoms with van der Waals surface area (Å²) in [6.07, 6.45) is -2.05. The van der Waals surface area contributed by atoms with Crippen molar-refractivity contribution >= 4 is 5.78 Å². The van der Waals surface area contributed by atoms with Crippen molar-refractivity contribution in [2.45, 2.75) is 13.0 Å². The van der Waals surface area contributed by atoms with E-state index < -0.39 is 18.0 Å². The van der Waals surface area contributed by atoms with Gasteiger partial charge in [-0.15, -0.1) is 0 Å². The van der Waals surface area contributed by atoms with Crippen LogP contribution in [-0.2, 0) is 11.3 Å². The summed E-state index contributed by atoms with van der Waals surface area (Å²) in [5, 5.41) is 0. The fourth-order valence-electron chi connectivity index (χ4n) is 1.56. The molecule has 0 spiro atoms. The minimum atomic E-state index is -2.05. The second kappa shape index (κ2) is 6.20. The summed E-state index contributed by atoms with van der Waals surface area (Å²) in [6, 6.07) is 13.7. The Morgan fingerprint density at radius 1 is 1.05 bits per heavy atom. The summed E-state index contributed by atoms with van der Waals surface area (Å²) in [6.45, 7) is 0.00887. The third-order valence-corrected chi connectivity index (χ3v) is 2.57. The van der Waals surface area contributed by atoms with Gasteiger partial charge in [0.2, 0.25) is 5.78 Å². The van der Waals surface area contributed by atoms with Crippen LogP contribution in [0.15, 0.2) is 54.6 Å². The largest absolute Gasteiger partial charge is 0.337 e. The Kier molecular flexibility index (Phi) is 4.36. The predicted octanol–water partition coefficient (Wildman–Crippen LogP) is 3.52. The minimum absolute atomic E-state index is 0.00887. The van der Waals surface area contributed by atoms with E-state index in [1.807, 2.05) is 6.07 Å². The maximum absolute atomic E-state index is 13.6. The zero-order valence-electron chi connectivity index (χ0n) is 10.1. The van der Waals surface area contributed by atoms with E-state index in [0.29, 0.717) is 0 Å². The van der Waals surface area contributed by atoms with Crippen LogP contribution in [0, 0.1) is 5.82 Å². The SMILES string of the molecule is O=C(c1ccc(F)cc1)C(F)OCc1ccccc1. The van der Waals surface area contributed by atoms with Crippen LogP contribution < -0.4 is 0 Å². The number of rotatable bonds is 5. The van der Waals surface area contributed by atoms with Crippen LogP contribution in [0.25, 0.3) is 0 Å². The van der Waals surface area contributed by atoms with Crippen molar-refractivity contribution in [1.82, 2.24) is 0 Å². The molecule has 0 saturated heterocycles. The lowest BCUT2D eigenvalue weighted by Crippen LogP contribution is -2.19. The van der Waals surface area contributed by atoms with Crippen LogP contribution in [-0.4, -0.2) is 12.1 Å². The average molecular weight is 262 g/mol. The molecule has 0 heterocycles. The van der Waals surface area contributed by atoms with Gasteiger partial charge >= 0.3 is 0 Å². The van der Waals surface area contributed by atoms with E-state index in [1.54, 1.807) is 24.3 Å². The van der Waals surface area contributed by atoms with E-state index in [0.717, 1.165) is 17.7 Å². The number of ether oxygens (including phenoxy) is 1. The maximum Gasteiger partial charge on any atom is 0.263 e. The predicted molar refractivity (Wildman–Crippen MR) is 66.9 cm³/mol.